The molecule has 1 aromatic heterocycles. The van der Waals surface area contributed by atoms with Gasteiger partial charge in [0.2, 0.25) is 0 Å². The van der Waals surface area contributed by atoms with Crippen molar-refractivity contribution >= 4 is 29.5 Å². The minimum atomic E-state index is -0.391. The summed E-state index contributed by atoms with van der Waals surface area (Å²) < 4.78 is 0. The number of aromatic nitrogens is 1. The predicted octanol–water partition coefficient (Wildman–Crippen LogP) is 4.75. The normalized spacial score (nSPS) is 13.8. The Labute approximate surface area is 175 Å². The maximum atomic E-state index is 12.4. The molecule has 6 nitrogen and oxygen atoms in total. The first-order chi connectivity index (χ1) is 14.3. The largest absolute Gasteiger partial charge is 0.280 e. The number of nitrogens with one attached hydrogen (secondary N) is 1. The number of amides is 2. The van der Waals surface area contributed by atoms with Gasteiger partial charge in [0.25, 0.3) is 11.8 Å². The second-order valence-electron chi connectivity index (χ2n) is 8.13. The molecule has 0 saturated carbocycles. The van der Waals surface area contributed by atoms with Crippen molar-refractivity contribution in [2.24, 2.45) is 4.99 Å². The lowest BCUT2D eigenvalue weighted by atomic mass is 9.87. The van der Waals surface area contributed by atoms with Crippen molar-refractivity contribution < 1.29 is 9.59 Å². The maximum Gasteiger partial charge on any atom is 0.280 e. The molecule has 0 aliphatic carbocycles. The van der Waals surface area contributed by atoms with Crippen molar-refractivity contribution in [3.63, 3.8) is 0 Å². The standard InChI is InChI=1S/C24H22N4O2/c1-24(2,3)17-10-8-16(9-11-17)14-25-18-12-13-21(26-15-18)27-28-22(29)19-6-4-5-7-20(19)23(28)30/h4-15H,1-3H3,(H,26,27). The summed E-state index contributed by atoms with van der Waals surface area (Å²) in [5.74, 6) is -0.394. The zero-order valence-electron chi connectivity index (χ0n) is 17.1. The van der Waals surface area contributed by atoms with E-state index < -0.39 is 11.8 Å². The van der Waals surface area contributed by atoms with Gasteiger partial charge in [0.05, 0.1) is 23.0 Å². The Morgan fingerprint density at radius 1 is 0.900 bits per heavy atom. The molecular formula is C24H22N4O2. The molecule has 3 aromatic rings. The number of benzene rings is 2. The summed E-state index contributed by atoms with van der Waals surface area (Å²) in [6.45, 7) is 6.54. The molecule has 1 N–H and O–H groups in total. The van der Waals surface area contributed by atoms with Gasteiger partial charge in [-0.15, -0.1) is 0 Å². The smallest absolute Gasteiger partial charge is 0.271 e. The van der Waals surface area contributed by atoms with Crippen LogP contribution in [0.3, 0.4) is 0 Å². The summed E-state index contributed by atoms with van der Waals surface area (Å²) >= 11 is 0. The van der Waals surface area contributed by atoms with E-state index in [0.717, 1.165) is 10.6 Å². The Kier molecular flexibility index (Phi) is 4.91. The lowest BCUT2D eigenvalue weighted by Crippen LogP contribution is -2.35. The van der Waals surface area contributed by atoms with E-state index in [1.54, 1.807) is 48.8 Å². The maximum absolute atomic E-state index is 12.4. The fraction of sp³-hybridized carbons (Fsp3) is 0.167. The molecule has 0 atom stereocenters. The van der Waals surface area contributed by atoms with Gasteiger partial charge in [-0.1, -0.05) is 57.2 Å². The van der Waals surface area contributed by atoms with E-state index in [-0.39, 0.29) is 5.41 Å². The van der Waals surface area contributed by atoms with E-state index in [0.29, 0.717) is 22.6 Å². The van der Waals surface area contributed by atoms with E-state index >= 15 is 0 Å². The molecule has 30 heavy (non-hydrogen) atoms. The highest BCUT2D eigenvalue weighted by Crippen LogP contribution is 2.24. The van der Waals surface area contributed by atoms with Crippen molar-refractivity contribution in [3.8, 4) is 0 Å². The number of aliphatic imine (C=N–C) groups is 1. The van der Waals surface area contributed by atoms with Crippen LogP contribution in [-0.2, 0) is 5.41 Å². The molecule has 2 heterocycles. The summed E-state index contributed by atoms with van der Waals surface area (Å²) in [6, 6.07) is 18.5. The average molecular weight is 398 g/mol. The number of imide groups is 1. The van der Waals surface area contributed by atoms with Crippen molar-refractivity contribution in [3.05, 3.63) is 89.1 Å². The van der Waals surface area contributed by atoms with Gasteiger partial charge in [-0.25, -0.2) is 4.98 Å². The quantitative estimate of drug-likeness (QED) is 0.508. The molecule has 0 bridgehead atoms. The van der Waals surface area contributed by atoms with E-state index in [1.807, 2.05) is 12.1 Å². The Balaban J connectivity index is 1.43. The molecule has 2 amide bonds. The van der Waals surface area contributed by atoms with Crippen molar-refractivity contribution in [1.82, 2.24) is 9.99 Å². The second kappa shape index (κ2) is 7.55. The molecule has 6 heteroatoms. The molecule has 0 unspecified atom stereocenters. The van der Waals surface area contributed by atoms with E-state index in [2.05, 4.69) is 48.3 Å². The van der Waals surface area contributed by atoms with Crippen LogP contribution in [0.4, 0.5) is 11.5 Å². The minimum absolute atomic E-state index is 0.113. The molecule has 0 spiro atoms. The monoisotopic (exact) mass is 398 g/mol. The highest BCUT2D eigenvalue weighted by Gasteiger charge is 2.35. The van der Waals surface area contributed by atoms with Gasteiger partial charge in [-0.05, 0) is 40.8 Å². The first-order valence-corrected chi connectivity index (χ1v) is 9.68. The highest BCUT2D eigenvalue weighted by molar-refractivity contribution is 6.21. The summed E-state index contributed by atoms with van der Waals surface area (Å²) in [7, 11) is 0. The molecule has 2 aromatic carbocycles. The van der Waals surface area contributed by atoms with Crippen LogP contribution in [0, 0.1) is 0 Å². The number of fused-ring (bicyclic) bond motifs is 1. The average Bonchev–Trinajstić information content (AvgIpc) is 2.98. The van der Waals surface area contributed by atoms with Crippen molar-refractivity contribution in [2.75, 3.05) is 5.43 Å². The van der Waals surface area contributed by atoms with Gasteiger partial charge in [0, 0.05) is 6.21 Å². The molecule has 0 radical (unpaired) electrons. The zero-order chi connectivity index (χ0) is 21.3. The van der Waals surface area contributed by atoms with Gasteiger partial charge in [-0.2, -0.15) is 5.01 Å². The topological polar surface area (TPSA) is 74.7 Å². The minimum Gasteiger partial charge on any atom is -0.271 e. The Morgan fingerprint density at radius 2 is 1.53 bits per heavy atom. The summed E-state index contributed by atoms with van der Waals surface area (Å²) in [5, 5.41) is 0.979. The number of rotatable bonds is 4. The predicted molar refractivity (Wildman–Crippen MR) is 117 cm³/mol. The van der Waals surface area contributed by atoms with Gasteiger partial charge >= 0.3 is 0 Å². The number of anilines is 1. The van der Waals surface area contributed by atoms with Crippen molar-refractivity contribution in [1.29, 1.82) is 0 Å². The summed E-state index contributed by atoms with van der Waals surface area (Å²) in [4.78, 5) is 33.5. The number of hydrazine groups is 1. The fourth-order valence-corrected chi connectivity index (χ4v) is 3.15. The third-order valence-electron chi connectivity index (χ3n) is 4.91. The molecule has 0 saturated heterocycles. The van der Waals surface area contributed by atoms with Crippen LogP contribution in [0.2, 0.25) is 0 Å². The SMILES string of the molecule is CC(C)(C)c1ccc(C=Nc2ccc(NN3C(=O)c4ccccc4C3=O)nc2)cc1. The number of nitrogens with zero attached hydrogens (tertiary/aromatic N) is 3. The lowest BCUT2D eigenvalue weighted by molar-refractivity contribution is 0.0690. The van der Waals surface area contributed by atoms with Crippen LogP contribution in [0.1, 0.15) is 52.6 Å². The molecule has 0 fully saturated rings. The first kappa shape index (κ1) is 19.5. The Morgan fingerprint density at radius 3 is 2.07 bits per heavy atom. The van der Waals surface area contributed by atoms with E-state index in [9.17, 15) is 9.59 Å². The third kappa shape index (κ3) is 3.85. The van der Waals surface area contributed by atoms with Crippen LogP contribution >= 0.6 is 0 Å². The molecule has 4 rings (SSSR count). The number of carbonyl (C=O) groups is 2. The zero-order valence-corrected chi connectivity index (χ0v) is 17.1. The van der Waals surface area contributed by atoms with Gasteiger partial charge in [0.1, 0.15) is 5.82 Å². The molecule has 1 aliphatic heterocycles. The van der Waals surface area contributed by atoms with E-state index in [1.165, 1.54) is 5.56 Å². The van der Waals surface area contributed by atoms with Gasteiger partial charge < -0.3 is 0 Å². The van der Waals surface area contributed by atoms with Crippen LogP contribution in [0.15, 0.2) is 71.9 Å². The molecule has 150 valence electrons. The third-order valence-corrected chi connectivity index (χ3v) is 4.91. The van der Waals surface area contributed by atoms with E-state index in [4.69, 9.17) is 0 Å². The van der Waals surface area contributed by atoms with Gasteiger partial charge in [-0.3, -0.25) is 20.0 Å². The molecular weight excluding hydrogens is 376 g/mol. The number of hydrogen-bond donors (Lipinski definition) is 1. The highest BCUT2D eigenvalue weighted by atomic mass is 16.2. The van der Waals surface area contributed by atoms with Crippen LogP contribution in [0.5, 0.6) is 0 Å². The van der Waals surface area contributed by atoms with Crippen molar-refractivity contribution in [2.45, 2.75) is 26.2 Å². The Bertz CT molecular complexity index is 1090. The lowest BCUT2D eigenvalue weighted by Gasteiger charge is -2.18. The Hall–Kier alpha value is -3.80. The molecule has 1 aliphatic rings. The second-order valence-corrected chi connectivity index (χ2v) is 8.13. The summed E-state index contributed by atoms with van der Waals surface area (Å²) in [6.07, 6.45) is 3.36. The first-order valence-electron chi connectivity index (χ1n) is 9.68. The number of carbonyl (C=O) groups excluding carboxylic acids is 2. The van der Waals surface area contributed by atoms with Crippen LogP contribution in [-0.4, -0.2) is 28.0 Å². The van der Waals surface area contributed by atoms with Crippen LogP contribution in [0.25, 0.3) is 0 Å². The fourth-order valence-electron chi connectivity index (χ4n) is 3.15. The van der Waals surface area contributed by atoms with Crippen LogP contribution < -0.4 is 5.43 Å². The number of pyridine rings is 1. The van der Waals surface area contributed by atoms with Gasteiger partial charge in [0.15, 0.2) is 0 Å². The summed E-state index contributed by atoms with van der Waals surface area (Å²) in [5.41, 5.74) is 6.59. The number of hydrogen-bond acceptors (Lipinski definition) is 5.